The number of aromatic hydroxyl groups is 1. The third kappa shape index (κ3) is 4.41. The summed E-state index contributed by atoms with van der Waals surface area (Å²) < 4.78 is 19.6. The van der Waals surface area contributed by atoms with Crippen LogP contribution in [0.3, 0.4) is 0 Å². The summed E-state index contributed by atoms with van der Waals surface area (Å²) in [6, 6.07) is 5.45. The summed E-state index contributed by atoms with van der Waals surface area (Å²) in [7, 11) is 1.34. The maximum Gasteiger partial charge on any atom is 0.255 e. The molecule has 37 heavy (non-hydrogen) atoms. The van der Waals surface area contributed by atoms with E-state index in [1.54, 1.807) is 12.1 Å². The lowest BCUT2D eigenvalue weighted by Gasteiger charge is -2.38. The largest absolute Gasteiger partial charge is 0.506 e. The van der Waals surface area contributed by atoms with Crippen molar-refractivity contribution >= 4 is 29.1 Å². The molecule has 1 fully saturated rings. The number of hydrogen-bond donors (Lipinski definition) is 5. The van der Waals surface area contributed by atoms with E-state index < -0.39 is 23.7 Å². The number of nitrogens with one attached hydrogen (secondary N) is 3. The fourth-order valence-corrected chi connectivity index (χ4v) is 4.71. The molecule has 6 N–H and O–H groups in total. The van der Waals surface area contributed by atoms with Crippen molar-refractivity contribution in [3.63, 3.8) is 0 Å². The van der Waals surface area contributed by atoms with E-state index in [1.165, 1.54) is 36.5 Å². The van der Waals surface area contributed by atoms with Crippen LogP contribution in [0.4, 0.5) is 15.8 Å². The van der Waals surface area contributed by atoms with Crippen LogP contribution >= 0.6 is 0 Å². The number of benzene rings is 1. The Balaban J connectivity index is 1.47. The number of aromatic nitrogens is 2. The lowest BCUT2D eigenvalue weighted by Crippen LogP contribution is -2.56. The summed E-state index contributed by atoms with van der Waals surface area (Å²) >= 11 is 0. The molecule has 2 aliphatic rings. The molecule has 2 aromatic heterocycles. The highest BCUT2D eigenvalue weighted by molar-refractivity contribution is 6.07. The standard InChI is InChI=1S/C25H25FN6O5/c1-37-23-15(26)3-2-4-16(23)30-22-20-17(31-21(22)14-5-6-28-9-18(14)33)7-13(29-25(20)36)8-19(34)32-10-12(11-32)24(27)35/h2-6,9,12-13,30-31,33H,7-8,10-11H2,1H3,(H2,27,35)(H,29,36). The van der Waals surface area contributed by atoms with Gasteiger partial charge in [0, 0.05) is 49.4 Å². The van der Waals surface area contributed by atoms with Crippen LogP contribution in [0.25, 0.3) is 11.3 Å². The van der Waals surface area contributed by atoms with E-state index in [1.807, 2.05) is 0 Å². The monoisotopic (exact) mass is 508 g/mol. The highest BCUT2D eigenvalue weighted by atomic mass is 19.1. The topological polar surface area (TPSA) is 163 Å². The number of rotatable bonds is 7. The quantitative estimate of drug-likeness (QED) is 0.324. The number of para-hydroxylation sites is 1. The van der Waals surface area contributed by atoms with Crippen molar-refractivity contribution < 1.29 is 28.6 Å². The van der Waals surface area contributed by atoms with Gasteiger partial charge < -0.3 is 36.1 Å². The van der Waals surface area contributed by atoms with Crippen molar-refractivity contribution in [1.29, 1.82) is 0 Å². The van der Waals surface area contributed by atoms with Crippen LogP contribution < -0.4 is 21.1 Å². The first-order valence-electron chi connectivity index (χ1n) is 11.6. The molecule has 1 aromatic carbocycles. The zero-order valence-electron chi connectivity index (χ0n) is 19.9. The maximum atomic E-state index is 14.4. The number of pyridine rings is 1. The minimum Gasteiger partial charge on any atom is -0.506 e. The number of hydrogen-bond acceptors (Lipinski definition) is 7. The van der Waals surface area contributed by atoms with Gasteiger partial charge in [-0.25, -0.2) is 4.39 Å². The molecule has 0 bridgehead atoms. The molecule has 0 spiro atoms. The zero-order chi connectivity index (χ0) is 26.3. The first-order valence-corrected chi connectivity index (χ1v) is 11.6. The molecule has 4 heterocycles. The lowest BCUT2D eigenvalue weighted by molar-refractivity contribution is -0.142. The van der Waals surface area contributed by atoms with Crippen molar-refractivity contribution in [1.82, 2.24) is 20.2 Å². The van der Waals surface area contributed by atoms with Gasteiger partial charge in [0.2, 0.25) is 11.8 Å². The second-order valence-corrected chi connectivity index (χ2v) is 9.04. The first kappa shape index (κ1) is 24.1. The summed E-state index contributed by atoms with van der Waals surface area (Å²) in [5, 5.41) is 16.4. The van der Waals surface area contributed by atoms with Crippen LogP contribution in [0.1, 0.15) is 22.5 Å². The van der Waals surface area contributed by atoms with Gasteiger partial charge in [-0.15, -0.1) is 0 Å². The molecule has 0 aliphatic carbocycles. The number of nitrogens with two attached hydrogens (primary N) is 1. The normalized spacial score (nSPS) is 17.0. The van der Waals surface area contributed by atoms with Crippen molar-refractivity contribution in [2.75, 3.05) is 25.5 Å². The summed E-state index contributed by atoms with van der Waals surface area (Å²) in [4.78, 5) is 45.9. The number of amides is 3. The molecule has 5 rings (SSSR count). The van der Waals surface area contributed by atoms with E-state index >= 15 is 0 Å². The molecule has 1 saturated heterocycles. The van der Waals surface area contributed by atoms with Gasteiger partial charge in [0.05, 0.1) is 41.9 Å². The number of aromatic amines is 1. The van der Waals surface area contributed by atoms with Gasteiger partial charge in [-0.2, -0.15) is 0 Å². The number of methoxy groups -OCH3 is 1. The number of anilines is 2. The van der Waals surface area contributed by atoms with E-state index in [0.717, 1.165) is 0 Å². The minimum atomic E-state index is -0.585. The molecule has 0 radical (unpaired) electrons. The Labute approximate surface area is 210 Å². The number of primary amides is 1. The van der Waals surface area contributed by atoms with Crippen LogP contribution in [-0.2, 0) is 16.0 Å². The maximum absolute atomic E-state index is 14.4. The van der Waals surface area contributed by atoms with Gasteiger partial charge >= 0.3 is 0 Å². The first-order chi connectivity index (χ1) is 17.8. The third-order valence-corrected chi connectivity index (χ3v) is 6.65. The molecule has 2 aliphatic heterocycles. The highest BCUT2D eigenvalue weighted by Gasteiger charge is 2.37. The van der Waals surface area contributed by atoms with Crippen LogP contribution in [0.15, 0.2) is 36.7 Å². The predicted molar refractivity (Wildman–Crippen MR) is 131 cm³/mol. The molecule has 1 unspecified atom stereocenters. The minimum absolute atomic E-state index is 0.0362. The number of carbonyl (C=O) groups is 3. The Hall–Kier alpha value is -4.61. The number of ether oxygens (including phenoxy) is 1. The number of carbonyl (C=O) groups excluding carboxylic acids is 3. The predicted octanol–water partition coefficient (Wildman–Crippen LogP) is 1.66. The van der Waals surface area contributed by atoms with Gasteiger partial charge in [0.1, 0.15) is 5.75 Å². The SMILES string of the molecule is COc1c(F)cccc1Nc1c(-c2ccncc2O)[nH]c2c1C(=O)NC(CC(=O)N1CC(C(N)=O)C1)C2. The summed E-state index contributed by atoms with van der Waals surface area (Å²) in [6.45, 7) is 0.551. The smallest absolute Gasteiger partial charge is 0.255 e. The molecule has 3 amide bonds. The Morgan fingerprint density at radius 3 is 2.81 bits per heavy atom. The fourth-order valence-electron chi connectivity index (χ4n) is 4.71. The molecule has 11 nitrogen and oxygen atoms in total. The molecule has 192 valence electrons. The second kappa shape index (κ2) is 9.45. The lowest BCUT2D eigenvalue weighted by atomic mass is 9.95. The number of likely N-dealkylation sites (tertiary alicyclic amines) is 1. The Morgan fingerprint density at radius 1 is 1.32 bits per heavy atom. The van der Waals surface area contributed by atoms with Crippen molar-refractivity contribution in [3.8, 4) is 22.8 Å². The number of nitrogens with zero attached hydrogens (tertiary/aromatic N) is 2. The van der Waals surface area contributed by atoms with Crippen molar-refractivity contribution in [3.05, 3.63) is 53.7 Å². The number of fused-ring (bicyclic) bond motifs is 1. The average molecular weight is 509 g/mol. The molecule has 3 aromatic rings. The number of halogens is 1. The van der Waals surface area contributed by atoms with E-state index in [4.69, 9.17) is 10.5 Å². The zero-order valence-corrected chi connectivity index (χ0v) is 19.9. The molecule has 12 heteroatoms. The van der Waals surface area contributed by atoms with Gasteiger partial charge in [-0.05, 0) is 18.2 Å². The Bertz CT molecular complexity index is 1400. The van der Waals surface area contributed by atoms with E-state index in [2.05, 4.69) is 20.6 Å². The molecular formula is C25H25FN6O5. The van der Waals surface area contributed by atoms with Gasteiger partial charge in [0.25, 0.3) is 5.91 Å². The van der Waals surface area contributed by atoms with Crippen molar-refractivity contribution in [2.24, 2.45) is 11.7 Å². The van der Waals surface area contributed by atoms with Crippen LogP contribution in [0.2, 0.25) is 0 Å². The third-order valence-electron chi connectivity index (χ3n) is 6.65. The molecular weight excluding hydrogens is 483 g/mol. The summed E-state index contributed by atoms with van der Waals surface area (Å²) in [5.41, 5.74) is 7.47. The Morgan fingerprint density at radius 2 is 2.11 bits per heavy atom. The second-order valence-electron chi connectivity index (χ2n) is 9.04. The Kier molecular flexibility index (Phi) is 6.15. The van der Waals surface area contributed by atoms with Gasteiger partial charge in [-0.1, -0.05) is 6.07 Å². The molecule has 1 atom stereocenters. The van der Waals surface area contributed by atoms with E-state index in [9.17, 15) is 23.9 Å². The molecule has 0 saturated carbocycles. The fraction of sp³-hybridized carbons (Fsp3) is 0.280. The summed E-state index contributed by atoms with van der Waals surface area (Å²) in [5.74, 6) is -2.15. The van der Waals surface area contributed by atoms with Crippen molar-refractivity contribution in [2.45, 2.75) is 18.9 Å². The number of H-pyrrole nitrogens is 1. The van der Waals surface area contributed by atoms with Gasteiger partial charge in [-0.3, -0.25) is 19.4 Å². The van der Waals surface area contributed by atoms with E-state index in [-0.39, 0.29) is 54.1 Å². The van der Waals surface area contributed by atoms with Gasteiger partial charge in [0.15, 0.2) is 11.6 Å². The highest BCUT2D eigenvalue weighted by Crippen LogP contribution is 2.42. The average Bonchev–Trinajstić information content (AvgIpc) is 3.16. The van der Waals surface area contributed by atoms with E-state index in [0.29, 0.717) is 29.1 Å². The summed E-state index contributed by atoms with van der Waals surface area (Å²) in [6.07, 6.45) is 3.12. The van der Waals surface area contributed by atoms with Crippen LogP contribution in [0.5, 0.6) is 11.5 Å². The van der Waals surface area contributed by atoms with Crippen LogP contribution in [0, 0.1) is 11.7 Å². The van der Waals surface area contributed by atoms with Crippen LogP contribution in [-0.4, -0.2) is 63.9 Å².